The standard InChI is InChI=1S/C21H34F3N5O/c1-20(2)17-14(5-6-25-18(17)28-19(20)30)15-7-11(21(22,23)24)8-16(27-15)29-10-12-3-4-13(29)9-26-12/h11-18,25-27H,3-10H2,1-2H3,(H,28,30). The fraction of sp³-hybridized carbons (Fsp3) is 0.952. The zero-order chi connectivity index (χ0) is 21.3. The van der Waals surface area contributed by atoms with Crippen LogP contribution < -0.4 is 21.3 Å². The monoisotopic (exact) mass is 429 g/mol. The molecule has 8 unspecified atom stereocenters. The Morgan fingerprint density at radius 3 is 2.53 bits per heavy atom. The van der Waals surface area contributed by atoms with Gasteiger partial charge in [0.2, 0.25) is 5.91 Å². The minimum Gasteiger partial charge on any atom is -0.340 e. The maximum Gasteiger partial charge on any atom is 0.391 e. The average Bonchev–Trinajstić information content (AvgIpc) is 2.96. The molecule has 0 radical (unpaired) electrons. The predicted molar refractivity (Wildman–Crippen MR) is 106 cm³/mol. The Morgan fingerprint density at radius 1 is 1.10 bits per heavy atom. The van der Waals surface area contributed by atoms with Crippen LogP contribution >= 0.6 is 0 Å². The van der Waals surface area contributed by atoms with Gasteiger partial charge in [0.1, 0.15) is 0 Å². The van der Waals surface area contributed by atoms with E-state index in [0.717, 1.165) is 38.9 Å². The van der Waals surface area contributed by atoms with Gasteiger partial charge < -0.3 is 10.6 Å². The third-order valence-corrected chi connectivity index (χ3v) is 8.59. The number of piperidine rings is 4. The number of hydrogen-bond donors (Lipinski definition) is 4. The maximum atomic E-state index is 14.0. The Hall–Kier alpha value is -0.900. The van der Waals surface area contributed by atoms with E-state index >= 15 is 0 Å². The van der Waals surface area contributed by atoms with Crippen molar-refractivity contribution in [1.29, 1.82) is 0 Å². The maximum absolute atomic E-state index is 14.0. The van der Waals surface area contributed by atoms with E-state index in [9.17, 15) is 18.0 Å². The number of carbonyl (C=O) groups is 1. The van der Waals surface area contributed by atoms with Crippen molar-refractivity contribution in [3.05, 3.63) is 0 Å². The van der Waals surface area contributed by atoms with Gasteiger partial charge in [-0.1, -0.05) is 13.8 Å². The molecule has 1 amide bonds. The van der Waals surface area contributed by atoms with Gasteiger partial charge in [-0.15, -0.1) is 0 Å². The SMILES string of the molecule is CC1(C)C(=O)NC2NCCC(C3CC(C(F)(F)F)CC(N4CC5CCC4CN5)N3)C21. The summed E-state index contributed by atoms with van der Waals surface area (Å²) in [6, 6.07) is 0.470. The molecule has 9 heteroatoms. The van der Waals surface area contributed by atoms with Crippen molar-refractivity contribution in [2.45, 2.75) is 82.6 Å². The van der Waals surface area contributed by atoms with Gasteiger partial charge in [0.15, 0.2) is 0 Å². The number of hydrogen-bond acceptors (Lipinski definition) is 5. The quantitative estimate of drug-likeness (QED) is 0.534. The van der Waals surface area contributed by atoms with Crippen LogP contribution in [0, 0.1) is 23.2 Å². The number of halogens is 3. The van der Waals surface area contributed by atoms with E-state index in [4.69, 9.17) is 0 Å². The zero-order valence-electron chi connectivity index (χ0n) is 17.8. The van der Waals surface area contributed by atoms with Crippen LogP contribution in [-0.2, 0) is 4.79 Å². The first-order valence-electron chi connectivity index (χ1n) is 11.5. The van der Waals surface area contributed by atoms with Crippen LogP contribution in [0.2, 0.25) is 0 Å². The van der Waals surface area contributed by atoms with Crippen molar-refractivity contribution in [2.75, 3.05) is 19.6 Å². The van der Waals surface area contributed by atoms with Gasteiger partial charge >= 0.3 is 6.18 Å². The van der Waals surface area contributed by atoms with Crippen LogP contribution in [0.25, 0.3) is 0 Å². The highest BCUT2D eigenvalue weighted by Gasteiger charge is 2.57. The molecule has 6 rings (SSSR count). The number of fused-ring (bicyclic) bond motifs is 4. The molecule has 0 aromatic carbocycles. The Labute approximate surface area is 176 Å². The van der Waals surface area contributed by atoms with E-state index in [2.05, 4.69) is 26.2 Å². The number of nitrogens with one attached hydrogen (secondary N) is 4. The second-order valence-corrected chi connectivity index (χ2v) is 10.6. The summed E-state index contributed by atoms with van der Waals surface area (Å²) in [5.41, 5.74) is -0.584. The lowest BCUT2D eigenvalue weighted by molar-refractivity contribution is -0.196. The molecular formula is C21H34F3N5O. The normalized spacial score (nSPS) is 46.5. The predicted octanol–water partition coefficient (Wildman–Crippen LogP) is 1.39. The van der Waals surface area contributed by atoms with Gasteiger partial charge in [-0.2, -0.15) is 13.2 Å². The molecule has 6 fully saturated rings. The highest BCUT2D eigenvalue weighted by molar-refractivity contribution is 5.85. The van der Waals surface area contributed by atoms with E-state index in [1.54, 1.807) is 0 Å². The van der Waals surface area contributed by atoms with Crippen molar-refractivity contribution in [1.82, 2.24) is 26.2 Å². The summed E-state index contributed by atoms with van der Waals surface area (Å²) in [5, 5.41) is 13.6. The lowest BCUT2D eigenvalue weighted by Gasteiger charge is -2.54. The van der Waals surface area contributed by atoms with Gasteiger partial charge in [0.05, 0.1) is 18.2 Å². The molecule has 8 atom stereocenters. The van der Waals surface area contributed by atoms with E-state index in [1.165, 1.54) is 0 Å². The first kappa shape index (κ1) is 21.0. The molecule has 0 saturated carbocycles. The minimum absolute atomic E-state index is 0.00366. The molecular weight excluding hydrogens is 395 g/mol. The van der Waals surface area contributed by atoms with Gasteiger partial charge in [0.25, 0.3) is 0 Å². The summed E-state index contributed by atoms with van der Waals surface area (Å²) in [6.45, 7) is 6.28. The molecule has 0 aliphatic carbocycles. The Bertz CT molecular complexity index is 678. The number of nitrogens with zero attached hydrogens (tertiary/aromatic N) is 1. The second-order valence-electron chi connectivity index (χ2n) is 10.6. The molecule has 6 saturated heterocycles. The molecule has 30 heavy (non-hydrogen) atoms. The van der Waals surface area contributed by atoms with Gasteiger partial charge in [0, 0.05) is 42.5 Å². The van der Waals surface area contributed by atoms with Crippen molar-refractivity contribution in [2.24, 2.45) is 23.2 Å². The number of piperazine rings is 1. The molecule has 6 heterocycles. The first-order valence-corrected chi connectivity index (χ1v) is 11.5. The number of amides is 1. The third kappa shape index (κ3) is 3.45. The first-order chi connectivity index (χ1) is 14.1. The van der Waals surface area contributed by atoms with Crippen molar-refractivity contribution in [3.8, 4) is 0 Å². The fourth-order valence-corrected chi connectivity index (χ4v) is 6.96. The van der Waals surface area contributed by atoms with E-state index in [0.29, 0.717) is 12.1 Å². The molecule has 2 bridgehead atoms. The van der Waals surface area contributed by atoms with Gasteiger partial charge in [-0.3, -0.25) is 20.3 Å². The fourth-order valence-electron chi connectivity index (χ4n) is 6.96. The van der Waals surface area contributed by atoms with Crippen molar-refractivity contribution < 1.29 is 18.0 Å². The van der Waals surface area contributed by atoms with Crippen LogP contribution in [0.3, 0.4) is 0 Å². The van der Waals surface area contributed by atoms with Gasteiger partial charge in [-0.05, 0) is 44.6 Å². The van der Waals surface area contributed by atoms with E-state index in [-0.39, 0.29) is 49.0 Å². The summed E-state index contributed by atoms with van der Waals surface area (Å²) >= 11 is 0. The molecule has 6 aliphatic rings. The Balaban J connectivity index is 1.41. The molecule has 0 aromatic rings. The average molecular weight is 430 g/mol. The highest BCUT2D eigenvalue weighted by atomic mass is 19.4. The van der Waals surface area contributed by atoms with Crippen LogP contribution in [-0.4, -0.2) is 67.1 Å². The highest BCUT2D eigenvalue weighted by Crippen LogP contribution is 2.47. The molecule has 0 aromatic heterocycles. The molecule has 4 N–H and O–H groups in total. The molecule has 6 aliphatic heterocycles. The summed E-state index contributed by atoms with van der Waals surface area (Å²) in [6.07, 6.45) is -1.37. The van der Waals surface area contributed by atoms with Crippen LogP contribution in [0.4, 0.5) is 13.2 Å². The minimum atomic E-state index is -4.18. The van der Waals surface area contributed by atoms with E-state index in [1.807, 2.05) is 13.8 Å². The Kier molecular flexibility index (Phi) is 5.12. The number of rotatable bonds is 2. The second kappa shape index (κ2) is 7.32. The lowest BCUT2D eigenvalue weighted by atomic mass is 9.65. The molecule has 170 valence electrons. The third-order valence-electron chi connectivity index (χ3n) is 8.59. The van der Waals surface area contributed by atoms with Crippen LogP contribution in [0.1, 0.15) is 46.0 Å². The summed E-state index contributed by atoms with van der Waals surface area (Å²) in [5.74, 6) is -1.26. The smallest absolute Gasteiger partial charge is 0.340 e. The van der Waals surface area contributed by atoms with E-state index < -0.39 is 17.5 Å². The van der Waals surface area contributed by atoms with Crippen molar-refractivity contribution >= 4 is 5.91 Å². The van der Waals surface area contributed by atoms with Crippen molar-refractivity contribution in [3.63, 3.8) is 0 Å². The Morgan fingerprint density at radius 2 is 1.90 bits per heavy atom. The topological polar surface area (TPSA) is 68.4 Å². The molecule has 6 nitrogen and oxygen atoms in total. The number of carbonyl (C=O) groups excluding carboxylic acids is 1. The lowest BCUT2D eigenvalue weighted by Crippen LogP contribution is -2.69. The summed E-state index contributed by atoms with van der Waals surface area (Å²) in [4.78, 5) is 14.8. The van der Waals surface area contributed by atoms with Crippen LogP contribution in [0.5, 0.6) is 0 Å². The molecule has 0 spiro atoms. The number of alkyl halides is 3. The van der Waals surface area contributed by atoms with Gasteiger partial charge in [-0.25, -0.2) is 0 Å². The summed E-state index contributed by atoms with van der Waals surface area (Å²) in [7, 11) is 0. The zero-order valence-corrected chi connectivity index (χ0v) is 17.8. The van der Waals surface area contributed by atoms with Crippen LogP contribution in [0.15, 0.2) is 0 Å². The summed E-state index contributed by atoms with van der Waals surface area (Å²) < 4.78 is 41.9. The largest absolute Gasteiger partial charge is 0.391 e.